The number of esters is 3. The molecule has 1 amide bonds. The first kappa shape index (κ1) is 43.1. The molecule has 0 bridgehead atoms. The van der Waals surface area contributed by atoms with Crippen molar-refractivity contribution in [2.45, 2.75) is 142 Å². The number of hydrogen-bond donors (Lipinski definition) is 2. The fourth-order valence-electron chi connectivity index (χ4n) is 5.90. The summed E-state index contributed by atoms with van der Waals surface area (Å²) in [6.45, 7) is 6.16. The van der Waals surface area contributed by atoms with Crippen LogP contribution in [0.3, 0.4) is 0 Å². The van der Waals surface area contributed by atoms with Gasteiger partial charge in [0, 0.05) is 27.2 Å². The summed E-state index contributed by atoms with van der Waals surface area (Å²) >= 11 is 0. The minimum atomic E-state index is -1.19. The van der Waals surface area contributed by atoms with Gasteiger partial charge in [0.15, 0.2) is 12.4 Å². The Hall–Kier alpha value is -3.10. The summed E-state index contributed by atoms with van der Waals surface area (Å²) in [5.41, 5.74) is 6.57. The summed E-state index contributed by atoms with van der Waals surface area (Å²) in [5, 5.41) is 10.6. The van der Waals surface area contributed by atoms with Crippen molar-refractivity contribution >= 4 is 23.8 Å². The first-order valence-electron chi connectivity index (χ1n) is 17.9. The minimum Gasteiger partial charge on any atom is -0.463 e. The van der Waals surface area contributed by atoms with Crippen molar-refractivity contribution in [2.24, 2.45) is 11.7 Å². The van der Waals surface area contributed by atoms with E-state index in [1.807, 2.05) is 30.3 Å². The Morgan fingerprint density at radius 3 is 2.10 bits per heavy atom. The molecule has 1 aromatic rings. The van der Waals surface area contributed by atoms with Gasteiger partial charge in [-0.1, -0.05) is 88.6 Å². The number of carbonyl (C=O) groups is 4. The number of primary amides is 1. The van der Waals surface area contributed by atoms with Gasteiger partial charge in [-0.15, -0.1) is 0 Å². The molecule has 13 heteroatoms. The van der Waals surface area contributed by atoms with Crippen molar-refractivity contribution in [1.29, 1.82) is 0 Å². The number of hydrogen-bond acceptors (Lipinski definition) is 12. The molecule has 0 saturated carbocycles. The molecule has 0 aromatic heterocycles. The lowest BCUT2D eigenvalue weighted by molar-refractivity contribution is -0.292. The monoisotopic (exact) mass is 709 g/mol. The van der Waals surface area contributed by atoms with E-state index in [-0.39, 0.29) is 39.0 Å². The fourth-order valence-corrected chi connectivity index (χ4v) is 5.90. The van der Waals surface area contributed by atoms with Crippen molar-refractivity contribution < 1.29 is 57.4 Å². The fraction of sp³-hybridized carbons (Fsp3) is 0.730. The Balaban J connectivity index is 2.08. The van der Waals surface area contributed by atoms with Crippen molar-refractivity contribution in [3.05, 3.63) is 35.9 Å². The molecule has 1 fully saturated rings. The molecule has 1 aliphatic rings. The van der Waals surface area contributed by atoms with E-state index in [0.29, 0.717) is 13.0 Å². The Morgan fingerprint density at radius 1 is 0.840 bits per heavy atom. The zero-order valence-electron chi connectivity index (χ0n) is 30.3. The van der Waals surface area contributed by atoms with Crippen LogP contribution in [0.15, 0.2) is 30.3 Å². The summed E-state index contributed by atoms with van der Waals surface area (Å²) in [6.07, 6.45) is 4.53. The van der Waals surface area contributed by atoms with Crippen LogP contribution in [0.25, 0.3) is 0 Å². The molecule has 0 radical (unpaired) electrons. The van der Waals surface area contributed by atoms with Gasteiger partial charge in [0.05, 0.1) is 38.4 Å². The molecule has 13 nitrogen and oxygen atoms in total. The van der Waals surface area contributed by atoms with Crippen LogP contribution in [0, 0.1) is 5.92 Å². The third kappa shape index (κ3) is 18.2. The van der Waals surface area contributed by atoms with Gasteiger partial charge >= 0.3 is 17.9 Å². The van der Waals surface area contributed by atoms with Crippen LogP contribution in [0.5, 0.6) is 0 Å². The van der Waals surface area contributed by atoms with E-state index in [9.17, 15) is 24.3 Å². The van der Waals surface area contributed by atoms with E-state index in [0.717, 1.165) is 31.2 Å². The number of amides is 1. The molecule has 284 valence electrons. The Labute approximate surface area is 296 Å². The van der Waals surface area contributed by atoms with Gasteiger partial charge in [0.2, 0.25) is 5.91 Å². The number of carbonyl (C=O) groups excluding carboxylic acids is 4. The quantitative estimate of drug-likeness (QED) is 0.0781. The third-order valence-electron chi connectivity index (χ3n) is 8.31. The van der Waals surface area contributed by atoms with Gasteiger partial charge in [-0.3, -0.25) is 19.2 Å². The highest BCUT2D eigenvalue weighted by Gasteiger charge is 2.51. The molecule has 7 atom stereocenters. The van der Waals surface area contributed by atoms with Gasteiger partial charge in [0.1, 0.15) is 24.9 Å². The number of nitrogens with two attached hydrogens (primary N) is 1. The molecule has 2 rings (SSSR count). The number of unbranched alkanes of at least 4 members (excludes halogenated alkanes) is 7. The summed E-state index contributed by atoms with van der Waals surface area (Å²) in [7, 11) is 0. The van der Waals surface area contributed by atoms with Crippen LogP contribution >= 0.6 is 0 Å². The predicted octanol–water partition coefficient (Wildman–Crippen LogP) is 4.53. The number of benzene rings is 1. The summed E-state index contributed by atoms with van der Waals surface area (Å²) in [4.78, 5) is 47.9. The van der Waals surface area contributed by atoms with Crippen LogP contribution in [0.1, 0.15) is 104 Å². The minimum absolute atomic E-state index is 0.0732. The average Bonchev–Trinajstić information content (AvgIpc) is 3.06. The Kier molecular flexibility index (Phi) is 21.5. The zero-order chi connectivity index (χ0) is 36.7. The smallest absolute Gasteiger partial charge is 0.303 e. The van der Waals surface area contributed by atoms with Gasteiger partial charge in [-0.2, -0.15) is 0 Å². The van der Waals surface area contributed by atoms with Crippen LogP contribution in [0.4, 0.5) is 0 Å². The largest absolute Gasteiger partial charge is 0.463 e. The lowest BCUT2D eigenvalue weighted by atomic mass is 9.87. The molecular formula is C37H59NO12. The molecule has 1 aromatic carbocycles. The van der Waals surface area contributed by atoms with Gasteiger partial charge in [0.25, 0.3) is 0 Å². The number of ether oxygens (including phenoxy) is 7. The Morgan fingerprint density at radius 2 is 1.48 bits per heavy atom. The molecule has 2 unspecified atom stereocenters. The van der Waals surface area contributed by atoms with Crippen molar-refractivity contribution in [2.75, 3.05) is 26.4 Å². The maximum Gasteiger partial charge on any atom is 0.303 e. The van der Waals surface area contributed by atoms with Crippen LogP contribution < -0.4 is 5.73 Å². The predicted molar refractivity (Wildman–Crippen MR) is 183 cm³/mol. The van der Waals surface area contributed by atoms with E-state index in [1.165, 1.54) is 52.9 Å². The van der Waals surface area contributed by atoms with E-state index in [1.54, 1.807) is 0 Å². The maximum atomic E-state index is 12.1. The number of aliphatic hydroxyl groups excluding tert-OH is 1. The highest BCUT2D eigenvalue weighted by Crippen LogP contribution is 2.34. The SMILES string of the molecule is CCCCCCCCCCC(CCO[C@@H]1O[C@H](COC(C)=O)[C@H](OC(C)=O)[C@H](OC(C)=O)[C@H]1CC(N)=O)OCC(O)COCc1ccccc1. The van der Waals surface area contributed by atoms with Crippen LogP contribution in [0.2, 0.25) is 0 Å². The highest BCUT2D eigenvalue weighted by molar-refractivity contribution is 5.74. The second-order valence-electron chi connectivity index (χ2n) is 12.9. The normalized spacial score (nSPS) is 21.6. The van der Waals surface area contributed by atoms with E-state index in [2.05, 4.69) is 6.92 Å². The molecule has 0 aliphatic carbocycles. The van der Waals surface area contributed by atoms with E-state index in [4.69, 9.17) is 38.9 Å². The van der Waals surface area contributed by atoms with Crippen molar-refractivity contribution in [3.8, 4) is 0 Å². The van der Waals surface area contributed by atoms with Crippen LogP contribution in [-0.4, -0.2) is 92.2 Å². The highest BCUT2D eigenvalue weighted by atomic mass is 16.7. The van der Waals surface area contributed by atoms with Crippen molar-refractivity contribution in [1.82, 2.24) is 0 Å². The van der Waals surface area contributed by atoms with Crippen molar-refractivity contribution in [3.63, 3.8) is 0 Å². The molecule has 50 heavy (non-hydrogen) atoms. The summed E-state index contributed by atoms with van der Waals surface area (Å²) in [6, 6.07) is 9.70. The topological polar surface area (TPSA) is 179 Å². The lowest BCUT2D eigenvalue weighted by Crippen LogP contribution is -2.59. The second kappa shape index (κ2) is 25.0. The molecular weight excluding hydrogens is 650 g/mol. The Bertz CT molecular complexity index is 1120. The second-order valence-corrected chi connectivity index (χ2v) is 12.9. The van der Waals surface area contributed by atoms with Crippen LogP contribution in [-0.2, 0) is 58.9 Å². The maximum absolute atomic E-state index is 12.1. The summed E-state index contributed by atoms with van der Waals surface area (Å²) < 4.78 is 40.3. The average molecular weight is 710 g/mol. The van der Waals surface area contributed by atoms with Gasteiger partial charge < -0.3 is 44.0 Å². The summed E-state index contributed by atoms with van der Waals surface area (Å²) in [5.74, 6) is -3.59. The first-order chi connectivity index (χ1) is 24.0. The number of rotatable bonds is 26. The zero-order valence-corrected chi connectivity index (χ0v) is 30.3. The first-order valence-corrected chi connectivity index (χ1v) is 17.9. The van der Waals surface area contributed by atoms with E-state index < -0.39 is 60.4 Å². The standard InChI is InChI=1S/C37H59NO12/c1-5-6-7-8-9-10-11-15-18-31(47-24-30(42)23-44-22-29-16-13-12-14-17-29)19-20-45-37-32(21-34(38)43)35(48-27(3)40)36(49-28(4)41)33(50-37)25-46-26(2)39/h12-14,16-17,30-33,35-37,42H,5-11,15,18-25H2,1-4H3,(H2,38,43)/t30?,31?,32-,33-,35-,36+,37-/m1/s1. The van der Waals surface area contributed by atoms with Gasteiger partial charge in [-0.05, 0) is 18.4 Å². The molecule has 0 spiro atoms. The van der Waals surface area contributed by atoms with Gasteiger partial charge in [-0.25, -0.2) is 0 Å². The molecule has 3 N–H and O–H groups in total. The third-order valence-corrected chi connectivity index (χ3v) is 8.31. The lowest BCUT2D eigenvalue weighted by Gasteiger charge is -2.44. The van der Waals surface area contributed by atoms with E-state index >= 15 is 0 Å². The molecule has 1 heterocycles. The molecule has 1 aliphatic heterocycles. The molecule has 1 saturated heterocycles. The number of aliphatic hydroxyl groups is 1.